The number of amides is 1. The van der Waals surface area contributed by atoms with E-state index in [1.54, 1.807) is 6.21 Å². The Kier molecular flexibility index (Phi) is 5.70. The molecule has 0 aliphatic heterocycles. The van der Waals surface area contributed by atoms with Crippen LogP contribution in [0.4, 0.5) is 0 Å². The summed E-state index contributed by atoms with van der Waals surface area (Å²) in [7, 11) is 0. The van der Waals surface area contributed by atoms with E-state index in [9.17, 15) is 4.79 Å². The first-order valence-electron chi connectivity index (χ1n) is 12.3. The van der Waals surface area contributed by atoms with Crippen molar-refractivity contribution in [3.8, 4) is 0 Å². The molecule has 1 N–H and O–H groups in total. The summed E-state index contributed by atoms with van der Waals surface area (Å²) >= 11 is 0. The van der Waals surface area contributed by atoms with Gasteiger partial charge in [-0.15, -0.1) is 0 Å². The van der Waals surface area contributed by atoms with Crippen LogP contribution in [0.1, 0.15) is 28.7 Å². The van der Waals surface area contributed by atoms with Crippen molar-refractivity contribution in [1.82, 2.24) is 9.99 Å². The van der Waals surface area contributed by atoms with Gasteiger partial charge in [-0.2, -0.15) is 5.10 Å². The van der Waals surface area contributed by atoms with Crippen LogP contribution in [0.15, 0.2) is 127 Å². The molecule has 1 aromatic heterocycles. The van der Waals surface area contributed by atoms with E-state index in [2.05, 4.69) is 82.0 Å². The topological polar surface area (TPSA) is 46.4 Å². The smallest absolute Gasteiger partial charge is 0.244 e. The number of carbonyl (C=O) groups excluding carboxylic acids is 1. The van der Waals surface area contributed by atoms with Gasteiger partial charge in [0.15, 0.2) is 0 Å². The second-order valence-corrected chi connectivity index (χ2v) is 9.41. The highest BCUT2D eigenvalue weighted by molar-refractivity contribution is 6.00. The summed E-state index contributed by atoms with van der Waals surface area (Å²) in [5.74, 6) is -0.203. The van der Waals surface area contributed by atoms with Crippen LogP contribution in [0.25, 0.3) is 10.9 Å². The number of rotatable bonds is 7. The largest absolute Gasteiger partial charge is 0.342 e. The SMILES string of the molecule is O=C(N/N=C\c1cn(Cc2ccccc2)c2ccccc12)[C@H]1CC1(c1ccccc1)c1ccccc1. The van der Waals surface area contributed by atoms with E-state index in [-0.39, 0.29) is 17.2 Å². The van der Waals surface area contributed by atoms with Crippen molar-refractivity contribution in [2.75, 3.05) is 0 Å². The molecule has 0 unspecified atom stereocenters. The van der Waals surface area contributed by atoms with Gasteiger partial charge in [0.25, 0.3) is 0 Å². The van der Waals surface area contributed by atoms with Crippen LogP contribution >= 0.6 is 0 Å². The molecule has 0 saturated heterocycles. The maximum Gasteiger partial charge on any atom is 0.244 e. The summed E-state index contributed by atoms with van der Waals surface area (Å²) in [5.41, 5.74) is 8.24. The number of nitrogens with one attached hydrogen (secondary N) is 1. The van der Waals surface area contributed by atoms with Gasteiger partial charge in [0.05, 0.1) is 12.1 Å². The fourth-order valence-electron chi connectivity index (χ4n) is 5.39. The number of hydrazone groups is 1. The van der Waals surface area contributed by atoms with Crippen LogP contribution in [-0.2, 0) is 16.8 Å². The molecular formula is C32H27N3O. The summed E-state index contributed by atoms with van der Waals surface area (Å²) in [6.45, 7) is 0.778. The molecule has 1 saturated carbocycles. The standard InChI is InChI=1S/C32H27N3O/c36-31(29-20-32(29,26-14-6-2-7-15-26)27-16-8-3-9-17-27)34-33-21-25-23-35(22-24-12-4-1-5-13-24)30-19-11-10-18-28(25)30/h1-19,21,23,29H,20,22H2,(H,34,36)/b33-21-/t29-/m1/s1. The van der Waals surface area contributed by atoms with Crippen molar-refractivity contribution in [2.24, 2.45) is 11.0 Å². The highest BCUT2D eigenvalue weighted by atomic mass is 16.2. The lowest BCUT2D eigenvalue weighted by molar-refractivity contribution is -0.122. The Morgan fingerprint density at radius 2 is 1.42 bits per heavy atom. The number of nitrogens with zero attached hydrogens (tertiary/aromatic N) is 2. The molecule has 1 amide bonds. The molecule has 1 aliphatic carbocycles. The predicted molar refractivity (Wildman–Crippen MR) is 145 cm³/mol. The number of carbonyl (C=O) groups is 1. The molecule has 176 valence electrons. The highest BCUT2D eigenvalue weighted by Crippen LogP contribution is 2.58. The Morgan fingerprint density at radius 1 is 0.833 bits per heavy atom. The van der Waals surface area contributed by atoms with Crippen molar-refractivity contribution < 1.29 is 4.79 Å². The van der Waals surface area contributed by atoms with Crippen LogP contribution in [-0.4, -0.2) is 16.7 Å². The third-order valence-corrected chi connectivity index (χ3v) is 7.25. The molecule has 6 rings (SSSR count). The number of fused-ring (bicyclic) bond motifs is 1. The zero-order valence-electron chi connectivity index (χ0n) is 19.9. The van der Waals surface area contributed by atoms with Gasteiger partial charge in [-0.3, -0.25) is 4.79 Å². The number of hydrogen-bond acceptors (Lipinski definition) is 2. The molecule has 4 aromatic carbocycles. The van der Waals surface area contributed by atoms with Gasteiger partial charge in [0.2, 0.25) is 5.91 Å². The fourth-order valence-corrected chi connectivity index (χ4v) is 5.39. The van der Waals surface area contributed by atoms with Crippen molar-refractivity contribution in [3.63, 3.8) is 0 Å². The van der Waals surface area contributed by atoms with Crippen LogP contribution < -0.4 is 5.43 Å². The summed E-state index contributed by atoms with van der Waals surface area (Å²) in [4.78, 5) is 13.2. The van der Waals surface area contributed by atoms with Crippen LogP contribution in [0.5, 0.6) is 0 Å². The Balaban J connectivity index is 1.23. The van der Waals surface area contributed by atoms with E-state index < -0.39 is 0 Å². The fraction of sp³-hybridized carbons (Fsp3) is 0.125. The Labute approximate surface area is 210 Å². The zero-order valence-corrected chi connectivity index (χ0v) is 19.9. The minimum absolute atomic E-state index is 0.0491. The lowest BCUT2D eigenvalue weighted by atomic mass is 9.85. The van der Waals surface area contributed by atoms with Gasteiger partial charge in [0, 0.05) is 34.6 Å². The van der Waals surface area contributed by atoms with Crippen LogP contribution in [0, 0.1) is 5.92 Å². The number of para-hydroxylation sites is 1. The summed E-state index contributed by atoms with van der Waals surface area (Å²) in [6.07, 6.45) is 4.64. The molecule has 1 atom stereocenters. The summed E-state index contributed by atoms with van der Waals surface area (Å²) < 4.78 is 2.23. The van der Waals surface area contributed by atoms with Gasteiger partial charge in [0.1, 0.15) is 0 Å². The van der Waals surface area contributed by atoms with E-state index in [0.29, 0.717) is 0 Å². The van der Waals surface area contributed by atoms with Gasteiger partial charge in [-0.1, -0.05) is 109 Å². The first-order chi connectivity index (χ1) is 17.8. The lowest BCUT2D eigenvalue weighted by Gasteiger charge is -2.18. The average Bonchev–Trinajstić information content (AvgIpc) is 3.62. The monoisotopic (exact) mass is 469 g/mol. The quantitative estimate of drug-likeness (QED) is 0.226. The van der Waals surface area contributed by atoms with E-state index in [4.69, 9.17) is 0 Å². The first-order valence-corrected chi connectivity index (χ1v) is 12.3. The molecule has 0 spiro atoms. The minimum atomic E-state index is -0.298. The molecular weight excluding hydrogens is 442 g/mol. The molecule has 1 aliphatic rings. The molecule has 1 fully saturated rings. The van der Waals surface area contributed by atoms with Crippen molar-refractivity contribution in [1.29, 1.82) is 0 Å². The van der Waals surface area contributed by atoms with E-state index in [1.807, 2.05) is 54.6 Å². The van der Waals surface area contributed by atoms with E-state index >= 15 is 0 Å². The van der Waals surface area contributed by atoms with Crippen LogP contribution in [0.3, 0.4) is 0 Å². The number of benzene rings is 4. The van der Waals surface area contributed by atoms with Crippen molar-refractivity contribution in [3.05, 3.63) is 144 Å². The van der Waals surface area contributed by atoms with Gasteiger partial charge >= 0.3 is 0 Å². The zero-order chi connectivity index (χ0) is 24.4. The molecule has 0 radical (unpaired) electrons. The normalized spacial score (nSPS) is 16.3. The molecule has 1 heterocycles. The average molecular weight is 470 g/mol. The number of aromatic nitrogens is 1. The minimum Gasteiger partial charge on any atom is -0.342 e. The van der Waals surface area contributed by atoms with Crippen molar-refractivity contribution >= 4 is 23.0 Å². The second kappa shape index (κ2) is 9.31. The molecule has 0 bridgehead atoms. The van der Waals surface area contributed by atoms with E-state index in [0.717, 1.165) is 29.4 Å². The Morgan fingerprint density at radius 3 is 2.08 bits per heavy atom. The summed E-state index contributed by atoms with van der Waals surface area (Å²) in [5, 5.41) is 5.50. The van der Waals surface area contributed by atoms with E-state index in [1.165, 1.54) is 16.7 Å². The van der Waals surface area contributed by atoms with Crippen molar-refractivity contribution in [2.45, 2.75) is 18.4 Å². The molecule has 4 nitrogen and oxygen atoms in total. The second-order valence-electron chi connectivity index (χ2n) is 9.41. The van der Waals surface area contributed by atoms with Gasteiger partial charge in [-0.25, -0.2) is 5.43 Å². The number of hydrogen-bond donors (Lipinski definition) is 1. The molecule has 36 heavy (non-hydrogen) atoms. The van der Waals surface area contributed by atoms with Gasteiger partial charge < -0.3 is 4.57 Å². The maximum atomic E-state index is 13.2. The third-order valence-electron chi connectivity index (χ3n) is 7.25. The van der Waals surface area contributed by atoms with Gasteiger partial charge in [-0.05, 0) is 29.2 Å². The first kappa shape index (κ1) is 22.1. The maximum absolute atomic E-state index is 13.2. The highest BCUT2D eigenvalue weighted by Gasteiger charge is 2.60. The Bertz CT molecular complexity index is 1480. The molecule has 4 heteroatoms. The third kappa shape index (κ3) is 4.01. The lowest BCUT2D eigenvalue weighted by Crippen LogP contribution is -2.25. The predicted octanol–water partition coefficient (Wildman–Crippen LogP) is 6.15. The molecule has 5 aromatic rings. The summed E-state index contributed by atoms with van der Waals surface area (Å²) in [6, 6.07) is 39.3. The Hall–Kier alpha value is -4.44. The van der Waals surface area contributed by atoms with Crippen LogP contribution in [0.2, 0.25) is 0 Å².